The zero-order valence-corrected chi connectivity index (χ0v) is 16.3. The molecule has 0 radical (unpaired) electrons. The van der Waals surface area contributed by atoms with E-state index in [1.165, 1.54) is 31.2 Å². The first-order chi connectivity index (χ1) is 11.6. The van der Waals surface area contributed by atoms with Crippen LogP contribution in [0.4, 0.5) is 5.69 Å². The minimum Gasteiger partial charge on any atom is -0.381 e. The number of halogens is 1. The van der Waals surface area contributed by atoms with E-state index in [0.717, 1.165) is 27.8 Å². The van der Waals surface area contributed by atoms with E-state index in [1.54, 1.807) is 0 Å². The smallest absolute Gasteiger partial charge is 0.263 e. The summed E-state index contributed by atoms with van der Waals surface area (Å²) in [6.45, 7) is 2.31. The molecule has 4 heteroatoms. The second kappa shape index (κ2) is 8.19. The Morgan fingerprint density at radius 1 is 1.17 bits per heavy atom. The number of rotatable bonds is 5. The van der Waals surface area contributed by atoms with Gasteiger partial charge in [0.05, 0.1) is 5.69 Å². The van der Waals surface area contributed by atoms with Gasteiger partial charge in [-0.3, -0.25) is 4.79 Å². The minimum atomic E-state index is 0.0205. The summed E-state index contributed by atoms with van der Waals surface area (Å²) < 4.78 is 0.772. The molecule has 1 heterocycles. The number of benzene rings is 1. The fraction of sp³-hybridized carbons (Fsp3) is 0.450. The Morgan fingerprint density at radius 2 is 1.92 bits per heavy atom. The molecule has 0 bridgehead atoms. The quantitative estimate of drug-likeness (QED) is 0.665. The Labute approximate surface area is 157 Å². The van der Waals surface area contributed by atoms with Crippen molar-refractivity contribution in [1.82, 2.24) is 4.98 Å². The maximum absolute atomic E-state index is 12.3. The Kier molecular flexibility index (Phi) is 5.98. The molecule has 3 nitrogen and oxygen atoms in total. The number of aryl methyl sites for hydroxylation is 2. The van der Waals surface area contributed by atoms with Crippen molar-refractivity contribution in [2.24, 2.45) is 5.92 Å². The molecule has 1 aliphatic carbocycles. The summed E-state index contributed by atoms with van der Waals surface area (Å²) in [4.78, 5) is 15.3. The number of nitrogens with one attached hydrogen (secondary N) is 2. The summed E-state index contributed by atoms with van der Waals surface area (Å²) in [6.07, 6.45) is 6.88. The Balaban J connectivity index is 1.74. The minimum absolute atomic E-state index is 0.0205. The molecule has 1 aliphatic rings. The Hall–Kier alpha value is -1.30. The molecule has 1 fully saturated rings. The number of H-pyrrole nitrogens is 1. The zero-order chi connectivity index (χ0) is 16.9. The second-order valence-corrected chi connectivity index (χ2v) is 7.93. The van der Waals surface area contributed by atoms with Crippen LogP contribution < -0.4 is 10.9 Å². The highest BCUT2D eigenvalue weighted by Gasteiger charge is 2.22. The van der Waals surface area contributed by atoms with Gasteiger partial charge in [-0.1, -0.05) is 50.1 Å². The van der Waals surface area contributed by atoms with E-state index in [1.807, 2.05) is 6.07 Å². The van der Waals surface area contributed by atoms with Gasteiger partial charge in [0, 0.05) is 11.7 Å². The highest BCUT2D eigenvalue weighted by Crippen LogP contribution is 2.28. The lowest BCUT2D eigenvalue weighted by Crippen LogP contribution is -2.31. The average molecular weight is 436 g/mol. The number of aromatic amines is 1. The van der Waals surface area contributed by atoms with Crippen molar-refractivity contribution in [3.63, 3.8) is 0 Å². The van der Waals surface area contributed by atoms with Crippen LogP contribution in [0.25, 0.3) is 0 Å². The summed E-state index contributed by atoms with van der Waals surface area (Å²) in [5.41, 5.74) is 3.33. The van der Waals surface area contributed by atoms with E-state index in [-0.39, 0.29) is 5.56 Å². The predicted molar refractivity (Wildman–Crippen MR) is 109 cm³/mol. The van der Waals surface area contributed by atoms with Crippen LogP contribution in [-0.2, 0) is 12.8 Å². The lowest BCUT2D eigenvalue weighted by molar-refractivity contribution is 0.349. The van der Waals surface area contributed by atoms with Gasteiger partial charge in [-0.2, -0.15) is 0 Å². The van der Waals surface area contributed by atoms with Gasteiger partial charge in [0.15, 0.2) is 0 Å². The largest absolute Gasteiger partial charge is 0.381 e. The summed E-state index contributed by atoms with van der Waals surface area (Å²) in [5, 5.41) is 3.65. The number of hydrogen-bond acceptors (Lipinski definition) is 2. The van der Waals surface area contributed by atoms with Gasteiger partial charge in [-0.25, -0.2) is 0 Å². The van der Waals surface area contributed by atoms with Crippen LogP contribution in [-0.4, -0.2) is 11.0 Å². The van der Waals surface area contributed by atoms with E-state index in [9.17, 15) is 4.79 Å². The van der Waals surface area contributed by atoms with Crippen molar-refractivity contribution in [3.8, 4) is 0 Å². The van der Waals surface area contributed by atoms with Gasteiger partial charge in [0.1, 0.15) is 3.57 Å². The number of anilines is 1. The first kappa shape index (κ1) is 17.5. The molecular formula is C20H25IN2O. The summed E-state index contributed by atoms with van der Waals surface area (Å²) in [7, 11) is 0. The van der Waals surface area contributed by atoms with Gasteiger partial charge in [0.2, 0.25) is 0 Å². The molecule has 24 heavy (non-hydrogen) atoms. The maximum Gasteiger partial charge on any atom is 0.263 e. The molecule has 128 valence electrons. The SMILES string of the molecule is CC1CCCCC1Nc1cc(CCc2ccccc2)[nH]c(=O)c1I. The van der Waals surface area contributed by atoms with Crippen molar-refractivity contribution >= 4 is 28.3 Å². The number of aromatic nitrogens is 1. The van der Waals surface area contributed by atoms with E-state index in [0.29, 0.717) is 12.0 Å². The molecule has 0 spiro atoms. The molecule has 0 aliphatic heterocycles. The molecule has 0 amide bonds. The fourth-order valence-corrected chi connectivity index (χ4v) is 3.94. The number of pyridine rings is 1. The molecule has 1 aromatic carbocycles. The topological polar surface area (TPSA) is 44.9 Å². The van der Waals surface area contributed by atoms with E-state index >= 15 is 0 Å². The third-order valence-corrected chi connectivity index (χ3v) is 6.08. The Morgan fingerprint density at radius 3 is 2.67 bits per heavy atom. The molecule has 1 aromatic heterocycles. The second-order valence-electron chi connectivity index (χ2n) is 6.85. The standard InChI is InChI=1S/C20H25IN2O/c1-14-7-5-6-10-17(14)23-18-13-16(22-20(24)19(18)21)12-11-15-8-3-2-4-9-15/h2-4,8-9,13-14,17H,5-7,10-12H2,1H3,(H2,22,23,24). The van der Waals surface area contributed by atoms with E-state index < -0.39 is 0 Å². The van der Waals surface area contributed by atoms with Crippen LogP contribution in [0.5, 0.6) is 0 Å². The van der Waals surface area contributed by atoms with Crippen molar-refractivity contribution in [3.05, 3.63) is 61.6 Å². The third-order valence-electron chi connectivity index (χ3n) is 5.01. The monoisotopic (exact) mass is 436 g/mol. The van der Waals surface area contributed by atoms with Crippen LogP contribution in [0.1, 0.15) is 43.9 Å². The van der Waals surface area contributed by atoms with Crippen LogP contribution >= 0.6 is 22.6 Å². The highest BCUT2D eigenvalue weighted by molar-refractivity contribution is 14.1. The van der Waals surface area contributed by atoms with E-state index in [2.05, 4.69) is 70.1 Å². The molecule has 0 saturated heterocycles. The van der Waals surface area contributed by atoms with Crippen LogP contribution in [0.15, 0.2) is 41.2 Å². The maximum atomic E-state index is 12.3. The lowest BCUT2D eigenvalue weighted by Gasteiger charge is -2.30. The third kappa shape index (κ3) is 4.41. The molecule has 2 unspecified atom stereocenters. The van der Waals surface area contributed by atoms with Gasteiger partial charge in [-0.05, 0) is 65.8 Å². The molecule has 2 N–H and O–H groups in total. The summed E-state index contributed by atoms with van der Waals surface area (Å²) >= 11 is 2.16. The normalized spacial score (nSPS) is 20.8. The molecule has 2 aromatic rings. The summed E-state index contributed by atoms with van der Waals surface area (Å²) in [6, 6.07) is 13.0. The van der Waals surface area contributed by atoms with Gasteiger partial charge in [0.25, 0.3) is 5.56 Å². The highest BCUT2D eigenvalue weighted by atomic mass is 127. The summed E-state index contributed by atoms with van der Waals surface area (Å²) in [5.74, 6) is 0.668. The van der Waals surface area contributed by atoms with Gasteiger partial charge < -0.3 is 10.3 Å². The van der Waals surface area contributed by atoms with Crippen LogP contribution in [0.2, 0.25) is 0 Å². The molecular weight excluding hydrogens is 411 g/mol. The van der Waals surface area contributed by atoms with Crippen molar-refractivity contribution in [2.45, 2.75) is 51.5 Å². The predicted octanol–water partition coefficient (Wildman–Crippen LogP) is 4.76. The van der Waals surface area contributed by atoms with Crippen molar-refractivity contribution < 1.29 is 0 Å². The van der Waals surface area contributed by atoms with Gasteiger partial charge in [-0.15, -0.1) is 0 Å². The molecule has 3 rings (SSSR count). The van der Waals surface area contributed by atoms with Crippen molar-refractivity contribution in [1.29, 1.82) is 0 Å². The zero-order valence-electron chi connectivity index (χ0n) is 14.1. The Bertz CT molecular complexity index is 726. The first-order valence-corrected chi connectivity index (χ1v) is 9.93. The molecule has 2 atom stereocenters. The molecule has 1 saturated carbocycles. The van der Waals surface area contributed by atoms with E-state index in [4.69, 9.17) is 0 Å². The fourth-order valence-electron chi connectivity index (χ4n) is 3.49. The van der Waals surface area contributed by atoms with Crippen molar-refractivity contribution in [2.75, 3.05) is 5.32 Å². The average Bonchev–Trinajstić information content (AvgIpc) is 2.60. The number of hydrogen-bond donors (Lipinski definition) is 2. The van der Waals surface area contributed by atoms with Crippen LogP contribution in [0, 0.1) is 9.49 Å². The van der Waals surface area contributed by atoms with Gasteiger partial charge >= 0.3 is 0 Å². The first-order valence-electron chi connectivity index (χ1n) is 8.85. The van der Waals surface area contributed by atoms with Crippen LogP contribution in [0.3, 0.4) is 0 Å². The lowest BCUT2D eigenvalue weighted by atomic mass is 9.86.